The highest BCUT2D eigenvalue weighted by molar-refractivity contribution is 7.12. The molecule has 3 nitrogen and oxygen atoms in total. The van der Waals surface area contributed by atoms with Crippen LogP contribution in [0, 0.1) is 0 Å². The summed E-state index contributed by atoms with van der Waals surface area (Å²) in [5.41, 5.74) is 1.64. The molecule has 0 saturated heterocycles. The van der Waals surface area contributed by atoms with Crippen LogP contribution in [0.15, 0.2) is 46.8 Å². The third-order valence-electron chi connectivity index (χ3n) is 2.53. The number of carbonyl (C=O) groups is 1. The summed E-state index contributed by atoms with van der Waals surface area (Å²) >= 11 is 1.64. The summed E-state index contributed by atoms with van der Waals surface area (Å²) in [6.07, 6.45) is 0. The molecule has 0 bridgehead atoms. The molecular formula is C14H14N2OS. The van der Waals surface area contributed by atoms with Crippen molar-refractivity contribution in [1.82, 2.24) is 0 Å². The number of aliphatic imine (C=N–C) groups is 1. The van der Waals surface area contributed by atoms with Crippen LogP contribution < -0.4 is 5.32 Å². The highest BCUT2D eigenvalue weighted by atomic mass is 32.1. The molecule has 2 rings (SSSR count). The first-order chi connectivity index (χ1) is 8.70. The number of benzene rings is 1. The summed E-state index contributed by atoms with van der Waals surface area (Å²) in [5.74, 6) is 0.907. The molecule has 0 unspecified atom stereocenters. The van der Waals surface area contributed by atoms with Gasteiger partial charge in [-0.2, -0.15) is 0 Å². The molecule has 1 heterocycles. The molecule has 1 aromatic heterocycles. The lowest BCUT2D eigenvalue weighted by molar-refractivity contribution is 0.101. The van der Waals surface area contributed by atoms with Gasteiger partial charge in [-0.15, -0.1) is 11.3 Å². The van der Waals surface area contributed by atoms with Crippen molar-refractivity contribution in [2.75, 3.05) is 12.4 Å². The van der Waals surface area contributed by atoms with Crippen molar-refractivity contribution in [3.63, 3.8) is 0 Å². The third kappa shape index (κ3) is 2.84. The molecule has 0 spiro atoms. The van der Waals surface area contributed by atoms with Crippen LogP contribution in [-0.2, 0) is 0 Å². The lowest BCUT2D eigenvalue weighted by Crippen LogP contribution is -2.11. The zero-order valence-electron chi connectivity index (χ0n) is 10.3. The zero-order valence-corrected chi connectivity index (χ0v) is 11.1. The number of ketones is 1. The normalized spacial score (nSPS) is 11.3. The van der Waals surface area contributed by atoms with Gasteiger partial charge in [0.05, 0.1) is 4.88 Å². The number of thiophene rings is 1. The molecule has 0 atom stereocenters. The van der Waals surface area contributed by atoms with E-state index in [9.17, 15) is 4.79 Å². The van der Waals surface area contributed by atoms with Crippen LogP contribution >= 0.6 is 11.3 Å². The van der Waals surface area contributed by atoms with E-state index in [1.165, 1.54) is 0 Å². The van der Waals surface area contributed by atoms with Crippen molar-refractivity contribution < 1.29 is 4.79 Å². The van der Waals surface area contributed by atoms with E-state index in [-0.39, 0.29) is 5.78 Å². The Kier molecular flexibility index (Phi) is 3.89. The number of amidine groups is 1. The van der Waals surface area contributed by atoms with E-state index in [4.69, 9.17) is 0 Å². The fraction of sp³-hybridized carbons (Fsp3) is 0.143. The predicted molar refractivity (Wildman–Crippen MR) is 76.8 cm³/mol. The summed E-state index contributed by atoms with van der Waals surface area (Å²) in [7, 11) is 1.76. The Morgan fingerprint density at radius 3 is 2.44 bits per heavy atom. The van der Waals surface area contributed by atoms with E-state index in [1.54, 1.807) is 25.3 Å². The minimum absolute atomic E-state index is 0.0733. The van der Waals surface area contributed by atoms with Crippen LogP contribution in [0.3, 0.4) is 0 Å². The standard InChI is InChI=1S/C14H14N2OS/c1-10(17)11-5-7-12(8-6-11)16-14(15-2)13-4-3-9-18-13/h3-9H,1-2H3,(H,15,16). The topological polar surface area (TPSA) is 41.5 Å². The molecule has 1 aromatic carbocycles. The molecule has 0 aliphatic heterocycles. The van der Waals surface area contributed by atoms with Gasteiger partial charge < -0.3 is 5.32 Å². The number of hydrogen-bond acceptors (Lipinski definition) is 3. The van der Waals surface area contributed by atoms with Gasteiger partial charge in [0.25, 0.3) is 0 Å². The van der Waals surface area contributed by atoms with E-state index in [0.717, 1.165) is 16.4 Å². The highest BCUT2D eigenvalue weighted by Gasteiger charge is 2.04. The van der Waals surface area contributed by atoms with Gasteiger partial charge in [-0.3, -0.25) is 9.79 Å². The lowest BCUT2D eigenvalue weighted by Gasteiger charge is -2.08. The summed E-state index contributed by atoms with van der Waals surface area (Å²) in [5, 5.41) is 5.26. The van der Waals surface area contributed by atoms with Crippen molar-refractivity contribution in [1.29, 1.82) is 0 Å². The molecule has 0 aliphatic carbocycles. The molecule has 0 fully saturated rings. The van der Waals surface area contributed by atoms with Crippen molar-refractivity contribution in [3.8, 4) is 0 Å². The van der Waals surface area contributed by atoms with Crippen molar-refractivity contribution in [3.05, 3.63) is 52.2 Å². The van der Waals surface area contributed by atoms with Crippen molar-refractivity contribution in [2.24, 2.45) is 4.99 Å². The molecule has 0 radical (unpaired) electrons. The quantitative estimate of drug-likeness (QED) is 0.520. The van der Waals surface area contributed by atoms with Crippen LogP contribution in [-0.4, -0.2) is 18.7 Å². The third-order valence-corrected chi connectivity index (χ3v) is 3.41. The zero-order chi connectivity index (χ0) is 13.0. The monoisotopic (exact) mass is 258 g/mol. The van der Waals surface area contributed by atoms with Gasteiger partial charge >= 0.3 is 0 Å². The van der Waals surface area contributed by atoms with E-state index < -0.39 is 0 Å². The fourth-order valence-corrected chi connectivity index (χ4v) is 2.28. The number of Topliss-reactive ketones (excluding diaryl/α,β-unsaturated/α-hetero) is 1. The van der Waals surface area contributed by atoms with Crippen molar-refractivity contribution in [2.45, 2.75) is 6.92 Å². The maximum Gasteiger partial charge on any atom is 0.159 e. The van der Waals surface area contributed by atoms with Gasteiger partial charge in [0, 0.05) is 18.3 Å². The van der Waals surface area contributed by atoms with Gasteiger partial charge in [-0.25, -0.2) is 0 Å². The van der Waals surface area contributed by atoms with Crippen LogP contribution in [0.4, 0.5) is 5.69 Å². The van der Waals surface area contributed by atoms with Gasteiger partial charge in [-0.1, -0.05) is 6.07 Å². The molecule has 0 aliphatic rings. The maximum atomic E-state index is 11.2. The SMILES string of the molecule is CN=C(Nc1ccc(C(C)=O)cc1)c1cccs1. The smallest absolute Gasteiger partial charge is 0.159 e. The second-order valence-electron chi connectivity index (χ2n) is 3.81. The first-order valence-corrected chi connectivity index (χ1v) is 6.47. The summed E-state index contributed by atoms with van der Waals surface area (Å²) in [6, 6.07) is 11.4. The average Bonchev–Trinajstić information content (AvgIpc) is 2.90. The molecule has 92 valence electrons. The minimum Gasteiger partial charge on any atom is -0.339 e. The summed E-state index contributed by atoms with van der Waals surface area (Å²) in [4.78, 5) is 16.5. The Bertz CT molecular complexity index is 556. The fourth-order valence-electron chi connectivity index (χ4n) is 1.57. The summed E-state index contributed by atoms with van der Waals surface area (Å²) < 4.78 is 0. The molecular weight excluding hydrogens is 244 g/mol. The van der Waals surface area contributed by atoms with E-state index in [1.807, 2.05) is 41.8 Å². The number of hydrogen-bond donors (Lipinski definition) is 1. The Labute approximate surface area is 110 Å². The molecule has 2 aromatic rings. The van der Waals surface area contributed by atoms with Gasteiger partial charge in [0.2, 0.25) is 0 Å². The summed E-state index contributed by atoms with van der Waals surface area (Å²) in [6.45, 7) is 1.56. The molecule has 18 heavy (non-hydrogen) atoms. The number of rotatable bonds is 3. The highest BCUT2D eigenvalue weighted by Crippen LogP contribution is 2.15. The number of nitrogens with one attached hydrogen (secondary N) is 1. The Morgan fingerprint density at radius 1 is 1.22 bits per heavy atom. The van der Waals surface area contributed by atoms with Crippen LogP contribution in [0.5, 0.6) is 0 Å². The first kappa shape index (κ1) is 12.5. The second kappa shape index (κ2) is 5.60. The Morgan fingerprint density at radius 2 is 1.94 bits per heavy atom. The molecule has 0 saturated carbocycles. The second-order valence-corrected chi connectivity index (χ2v) is 4.76. The lowest BCUT2D eigenvalue weighted by atomic mass is 10.1. The number of nitrogens with zero attached hydrogens (tertiary/aromatic N) is 1. The molecule has 0 amide bonds. The van der Waals surface area contributed by atoms with E-state index >= 15 is 0 Å². The Balaban J connectivity index is 2.16. The molecule has 4 heteroatoms. The number of anilines is 1. The van der Waals surface area contributed by atoms with Crippen molar-refractivity contribution >= 4 is 28.6 Å². The van der Waals surface area contributed by atoms with Gasteiger partial charge in [-0.05, 0) is 42.6 Å². The number of carbonyl (C=O) groups excluding carboxylic acids is 1. The van der Waals surface area contributed by atoms with E-state index in [0.29, 0.717) is 5.56 Å². The average molecular weight is 258 g/mol. The molecule has 1 N–H and O–H groups in total. The van der Waals surface area contributed by atoms with Gasteiger partial charge in [0.1, 0.15) is 5.84 Å². The first-order valence-electron chi connectivity index (χ1n) is 5.59. The van der Waals surface area contributed by atoms with Crippen LogP contribution in [0.1, 0.15) is 22.2 Å². The predicted octanol–water partition coefficient (Wildman–Crippen LogP) is 3.44. The van der Waals surface area contributed by atoms with Crippen LogP contribution in [0.25, 0.3) is 0 Å². The Hall–Kier alpha value is -1.94. The minimum atomic E-state index is 0.0733. The maximum absolute atomic E-state index is 11.2. The van der Waals surface area contributed by atoms with Crippen LogP contribution in [0.2, 0.25) is 0 Å². The van der Waals surface area contributed by atoms with Gasteiger partial charge in [0.15, 0.2) is 5.78 Å². The van der Waals surface area contributed by atoms with E-state index in [2.05, 4.69) is 10.3 Å². The largest absolute Gasteiger partial charge is 0.339 e.